The Kier molecular flexibility index (Phi) is 3.92. The summed E-state index contributed by atoms with van der Waals surface area (Å²) >= 11 is 0. The molecule has 0 amide bonds. The zero-order valence-electron chi connectivity index (χ0n) is 12.4. The van der Waals surface area contributed by atoms with Gasteiger partial charge in [-0.3, -0.25) is 0 Å². The molecule has 3 rings (SSSR count). The first-order chi connectivity index (χ1) is 9.24. The number of likely N-dealkylation sites (tertiary alicyclic amines) is 1. The Morgan fingerprint density at radius 1 is 1.21 bits per heavy atom. The van der Waals surface area contributed by atoms with Gasteiger partial charge in [0.25, 0.3) is 0 Å². The molecule has 2 aliphatic rings. The van der Waals surface area contributed by atoms with Crippen molar-refractivity contribution in [2.75, 3.05) is 13.1 Å². The van der Waals surface area contributed by atoms with Gasteiger partial charge in [0, 0.05) is 30.9 Å². The molecule has 3 heterocycles. The smallest absolute Gasteiger partial charge is 0.109 e. The Morgan fingerprint density at radius 3 is 2.74 bits per heavy atom. The van der Waals surface area contributed by atoms with E-state index in [1.54, 1.807) is 0 Å². The van der Waals surface area contributed by atoms with Crippen LogP contribution in [-0.4, -0.2) is 33.6 Å². The molecule has 106 valence electrons. The summed E-state index contributed by atoms with van der Waals surface area (Å²) in [6.45, 7) is 8.37. The quantitative estimate of drug-likeness (QED) is 0.834. The van der Waals surface area contributed by atoms with Crippen LogP contribution in [0.25, 0.3) is 0 Å². The lowest BCUT2D eigenvalue weighted by Gasteiger charge is -2.34. The summed E-state index contributed by atoms with van der Waals surface area (Å²) in [7, 11) is 0. The van der Waals surface area contributed by atoms with Crippen LogP contribution < -0.4 is 0 Å². The molecule has 0 aromatic carbocycles. The lowest BCUT2D eigenvalue weighted by atomic mass is 9.92. The fourth-order valence-corrected chi connectivity index (χ4v) is 3.60. The number of fused-ring (bicyclic) bond motifs is 1. The largest absolute Gasteiger partial charge is 0.332 e. The zero-order valence-corrected chi connectivity index (χ0v) is 12.4. The van der Waals surface area contributed by atoms with E-state index in [4.69, 9.17) is 4.98 Å². The summed E-state index contributed by atoms with van der Waals surface area (Å²) in [6, 6.07) is 0.708. The molecule has 19 heavy (non-hydrogen) atoms. The van der Waals surface area contributed by atoms with Crippen molar-refractivity contribution in [3.05, 3.63) is 17.7 Å². The van der Waals surface area contributed by atoms with Crippen LogP contribution >= 0.6 is 0 Å². The van der Waals surface area contributed by atoms with Crippen LogP contribution in [0, 0.1) is 5.92 Å². The van der Waals surface area contributed by atoms with Gasteiger partial charge < -0.3 is 9.47 Å². The molecular weight excluding hydrogens is 234 g/mol. The van der Waals surface area contributed by atoms with E-state index in [0.29, 0.717) is 6.04 Å². The van der Waals surface area contributed by atoms with Crippen molar-refractivity contribution in [2.45, 2.75) is 65.0 Å². The average molecular weight is 261 g/mol. The van der Waals surface area contributed by atoms with Crippen molar-refractivity contribution in [1.29, 1.82) is 0 Å². The molecule has 3 nitrogen and oxygen atoms in total. The molecule has 0 atom stereocenters. The minimum atomic E-state index is 0.708. The highest BCUT2D eigenvalue weighted by atomic mass is 15.1. The normalized spacial score (nSPS) is 21.8. The van der Waals surface area contributed by atoms with Gasteiger partial charge in [0.15, 0.2) is 0 Å². The molecule has 0 radical (unpaired) electrons. The molecule has 1 saturated heterocycles. The standard InChI is InChI=1S/C16H27N3/c1-13(2)18-9-6-14(7-10-18)11-16-17-12-15-5-3-4-8-19(15)16/h12-14H,3-11H2,1-2H3. The average Bonchev–Trinajstić information content (AvgIpc) is 2.83. The van der Waals surface area contributed by atoms with Crippen molar-refractivity contribution >= 4 is 0 Å². The maximum atomic E-state index is 4.70. The predicted molar refractivity (Wildman–Crippen MR) is 78.3 cm³/mol. The highest BCUT2D eigenvalue weighted by Crippen LogP contribution is 2.24. The van der Waals surface area contributed by atoms with Gasteiger partial charge in [0.05, 0.1) is 0 Å². The van der Waals surface area contributed by atoms with Gasteiger partial charge >= 0.3 is 0 Å². The van der Waals surface area contributed by atoms with Crippen LogP contribution in [0.1, 0.15) is 51.0 Å². The molecule has 0 aliphatic carbocycles. The number of imidazole rings is 1. The van der Waals surface area contributed by atoms with E-state index < -0.39 is 0 Å². The molecule has 0 N–H and O–H groups in total. The highest BCUT2D eigenvalue weighted by molar-refractivity contribution is 5.08. The monoisotopic (exact) mass is 261 g/mol. The predicted octanol–water partition coefficient (Wildman–Crippen LogP) is 2.88. The van der Waals surface area contributed by atoms with E-state index in [9.17, 15) is 0 Å². The number of hydrogen-bond acceptors (Lipinski definition) is 2. The Hall–Kier alpha value is -0.830. The fraction of sp³-hybridized carbons (Fsp3) is 0.812. The van der Waals surface area contributed by atoms with E-state index in [0.717, 1.165) is 5.92 Å². The summed E-state index contributed by atoms with van der Waals surface area (Å²) < 4.78 is 2.50. The third kappa shape index (κ3) is 2.86. The number of nitrogens with zero attached hydrogens (tertiary/aromatic N) is 3. The number of rotatable bonds is 3. The molecule has 1 aromatic rings. The van der Waals surface area contributed by atoms with Gasteiger partial charge in [-0.2, -0.15) is 0 Å². The second-order valence-corrected chi connectivity index (χ2v) is 6.55. The number of hydrogen-bond donors (Lipinski definition) is 0. The van der Waals surface area contributed by atoms with Crippen molar-refractivity contribution in [3.8, 4) is 0 Å². The molecule has 3 heteroatoms. The lowest BCUT2D eigenvalue weighted by molar-refractivity contribution is 0.148. The minimum Gasteiger partial charge on any atom is -0.332 e. The highest BCUT2D eigenvalue weighted by Gasteiger charge is 2.23. The minimum absolute atomic E-state index is 0.708. The first-order valence-corrected chi connectivity index (χ1v) is 8.01. The van der Waals surface area contributed by atoms with Crippen LogP contribution in [0.5, 0.6) is 0 Å². The molecular formula is C16H27N3. The zero-order chi connectivity index (χ0) is 13.2. The molecule has 0 bridgehead atoms. The fourth-order valence-electron chi connectivity index (χ4n) is 3.60. The third-order valence-corrected chi connectivity index (χ3v) is 4.94. The van der Waals surface area contributed by atoms with E-state index in [1.165, 1.54) is 69.7 Å². The van der Waals surface area contributed by atoms with Gasteiger partial charge in [-0.1, -0.05) is 0 Å². The molecule has 2 aliphatic heterocycles. The maximum Gasteiger partial charge on any atom is 0.109 e. The van der Waals surface area contributed by atoms with Crippen LogP contribution in [-0.2, 0) is 19.4 Å². The summed E-state index contributed by atoms with van der Waals surface area (Å²) in [5, 5.41) is 0. The van der Waals surface area contributed by atoms with Crippen LogP contribution in [0.2, 0.25) is 0 Å². The lowest BCUT2D eigenvalue weighted by Crippen LogP contribution is -2.39. The van der Waals surface area contributed by atoms with Crippen molar-refractivity contribution in [2.24, 2.45) is 5.92 Å². The second kappa shape index (κ2) is 5.66. The SMILES string of the molecule is CC(C)N1CCC(Cc2ncc3n2CCCC3)CC1. The van der Waals surface area contributed by atoms with Crippen LogP contribution in [0.4, 0.5) is 0 Å². The van der Waals surface area contributed by atoms with E-state index in [1.807, 2.05) is 0 Å². The maximum absolute atomic E-state index is 4.70. The summed E-state index contributed by atoms with van der Waals surface area (Å²) in [6.07, 6.45) is 9.93. The van der Waals surface area contributed by atoms with Gasteiger partial charge in [-0.25, -0.2) is 4.98 Å². The Labute approximate surface area is 117 Å². The van der Waals surface area contributed by atoms with Crippen molar-refractivity contribution in [3.63, 3.8) is 0 Å². The van der Waals surface area contributed by atoms with E-state index in [2.05, 4.69) is 29.5 Å². The first kappa shape index (κ1) is 13.2. The Bertz CT molecular complexity index is 414. The molecule has 0 saturated carbocycles. The number of aromatic nitrogens is 2. The third-order valence-electron chi connectivity index (χ3n) is 4.94. The summed E-state index contributed by atoms with van der Waals surface area (Å²) in [5.74, 6) is 2.21. The van der Waals surface area contributed by atoms with Gasteiger partial charge in [-0.05, 0) is 65.0 Å². The van der Waals surface area contributed by atoms with Crippen molar-refractivity contribution < 1.29 is 0 Å². The van der Waals surface area contributed by atoms with Gasteiger partial charge in [-0.15, -0.1) is 0 Å². The molecule has 0 unspecified atom stereocenters. The molecule has 1 aromatic heterocycles. The van der Waals surface area contributed by atoms with E-state index >= 15 is 0 Å². The second-order valence-electron chi connectivity index (χ2n) is 6.55. The first-order valence-electron chi connectivity index (χ1n) is 8.01. The van der Waals surface area contributed by atoms with Gasteiger partial charge in [0.2, 0.25) is 0 Å². The molecule has 0 spiro atoms. The van der Waals surface area contributed by atoms with E-state index in [-0.39, 0.29) is 0 Å². The van der Waals surface area contributed by atoms with Crippen LogP contribution in [0.3, 0.4) is 0 Å². The van der Waals surface area contributed by atoms with Gasteiger partial charge in [0.1, 0.15) is 5.82 Å². The van der Waals surface area contributed by atoms with Crippen molar-refractivity contribution in [1.82, 2.24) is 14.5 Å². The molecule has 1 fully saturated rings. The number of aryl methyl sites for hydroxylation is 1. The number of piperidine rings is 1. The summed E-state index contributed by atoms with van der Waals surface area (Å²) in [5.41, 5.74) is 1.47. The van der Waals surface area contributed by atoms with Crippen LogP contribution in [0.15, 0.2) is 6.20 Å². The Balaban J connectivity index is 1.59. The Morgan fingerprint density at radius 2 is 2.00 bits per heavy atom. The topological polar surface area (TPSA) is 21.1 Å². The summed E-state index contributed by atoms with van der Waals surface area (Å²) in [4.78, 5) is 7.30.